The van der Waals surface area contributed by atoms with E-state index < -0.39 is 23.7 Å². The van der Waals surface area contributed by atoms with Crippen LogP contribution < -0.4 is 4.74 Å². The first kappa shape index (κ1) is 19.1. The molecule has 0 unspecified atom stereocenters. The molecule has 7 heteroatoms. The van der Waals surface area contributed by atoms with Crippen LogP contribution in [-0.4, -0.2) is 65.4 Å². The van der Waals surface area contributed by atoms with Gasteiger partial charge >= 0.3 is 12.1 Å². The lowest BCUT2D eigenvalue weighted by Crippen LogP contribution is -2.58. The quantitative estimate of drug-likeness (QED) is 0.897. The number of hydrogen-bond acceptors (Lipinski definition) is 5. The van der Waals surface area contributed by atoms with Gasteiger partial charge in [0.15, 0.2) is 0 Å². The number of hydrogen-bond donors (Lipinski definition) is 1. The Balaban J connectivity index is 2.05. The highest BCUT2D eigenvalue weighted by molar-refractivity contribution is 5.80. The van der Waals surface area contributed by atoms with E-state index in [4.69, 9.17) is 9.47 Å². The summed E-state index contributed by atoms with van der Waals surface area (Å²) in [5, 5.41) is 9.53. The second-order valence-electron chi connectivity index (χ2n) is 7.11. The molecule has 1 aliphatic rings. The molecule has 1 saturated heterocycles. The Morgan fingerprint density at radius 2 is 2.00 bits per heavy atom. The van der Waals surface area contributed by atoms with E-state index in [9.17, 15) is 14.7 Å². The Hall–Kier alpha value is -2.28. The molecule has 2 rings (SSSR count). The molecule has 1 fully saturated rings. The molecule has 1 N–H and O–H groups in total. The molecular weight excluding hydrogens is 324 g/mol. The van der Waals surface area contributed by atoms with Gasteiger partial charge in [0.05, 0.1) is 7.11 Å². The third kappa shape index (κ3) is 5.35. The fourth-order valence-electron chi connectivity index (χ4n) is 2.76. The number of aliphatic carboxylic acids is 1. The van der Waals surface area contributed by atoms with Crippen molar-refractivity contribution < 1.29 is 24.2 Å². The average Bonchev–Trinajstić information content (AvgIpc) is 2.53. The fraction of sp³-hybridized carbons (Fsp3) is 0.556. The standard InChI is InChI=1S/C18H26N2O5/c1-18(2,3)25-17(23)20-9-8-19(12-15(20)16(21)22)11-13-6-5-7-14(10-13)24-4/h5-7,10,15H,8-9,11-12H2,1-4H3,(H,21,22)/t15-/m1/s1. The smallest absolute Gasteiger partial charge is 0.411 e. The van der Waals surface area contributed by atoms with Gasteiger partial charge < -0.3 is 14.6 Å². The summed E-state index contributed by atoms with van der Waals surface area (Å²) in [6.45, 7) is 7.05. The van der Waals surface area contributed by atoms with Crippen LogP contribution in [0.25, 0.3) is 0 Å². The average molecular weight is 350 g/mol. The Morgan fingerprint density at radius 1 is 1.28 bits per heavy atom. The van der Waals surface area contributed by atoms with Crippen molar-refractivity contribution in [1.29, 1.82) is 0 Å². The van der Waals surface area contributed by atoms with E-state index in [1.54, 1.807) is 27.9 Å². The van der Waals surface area contributed by atoms with Gasteiger partial charge in [0.2, 0.25) is 0 Å². The molecule has 1 atom stereocenters. The summed E-state index contributed by atoms with van der Waals surface area (Å²) in [4.78, 5) is 27.2. The van der Waals surface area contributed by atoms with E-state index in [1.807, 2.05) is 29.2 Å². The van der Waals surface area contributed by atoms with Gasteiger partial charge in [0.25, 0.3) is 0 Å². The monoisotopic (exact) mass is 350 g/mol. The maximum atomic E-state index is 12.3. The van der Waals surface area contributed by atoms with Crippen molar-refractivity contribution >= 4 is 12.1 Å². The number of methoxy groups -OCH3 is 1. The van der Waals surface area contributed by atoms with Gasteiger partial charge in [-0.2, -0.15) is 0 Å². The summed E-state index contributed by atoms with van der Waals surface area (Å²) < 4.78 is 10.5. The number of ether oxygens (including phenoxy) is 2. The van der Waals surface area contributed by atoms with E-state index in [1.165, 1.54) is 4.90 Å². The highest BCUT2D eigenvalue weighted by Crippen LogP contribution is 2.19. The molecule has 25 heavy (non-hydrogen) atoms. The minimum Gasteiger partial charge on any atom is -0.497 e. The molecule has 1 aliphatic heterocycles. The predicted octanol–water partition coefficient (Wildman–Crippen LogP) is 2.20. The highest BCUT2D eigenvalue weighted by atomic mass is 16.6. The normalized spacial score (nSPS) is 18.7. The lowest BCUT2D eigenvalue weighted by atomic mass is 10.1. The maximum Gasteiger partial charge on any atom is 0.411 e. The molecule has 1 amide bonds. The highest BCUT2D eigenvalue weighted by Gasteiger charge is 2.37. The minimum atomic E-state index is -1.03. The summed E-state index contributed by atoms with van der Waals surface area (Å²) in [6, 6.07) is 6.74. The molecule has 1 aromatic rings. The van der Waals surface area contributed by atoms with Crippen molar-refractivity contribution in [2.75, 3.05) is 26.7 Å². The van der Waals surface area contributed by atoms with Gasteiger partial charge in [-0.15, -0.1) is 0 Å². The van der Waals surface area contributed by atoms with E-state index in [-0.39, 0.29) is 6.54 Å². The van der Waals surface area contributed by atoms with Gasteiger partial charge in [-0.25, -0.2) is 9.59 Å². The van der Waals surface area contributed by atoms with Gasteiger partial charge in [-0.05, 0) is 38.5 Å². The summed E-state index contributed by atoms with van der Waals surface area (Å²) in [5.41, 5.74) is 0.381. The molecule has 138 valence electrons. The zero-order valence-corrected chi connectivity index (χ0v) is 15.2. The number of piperazine rings is 1. The number of amides is 1. The van der Waals surface area contributed by atoms with Crippen LogP contribution in [0.3, 0.4) is 0 Å². The van der Waals surface area contributed by atoms with Gasteiger partial charge in [0, 0.05) is 26.2 Å². The van der Waals surface area contributed by atoms with Crippen LogP contribution in [0, 0.1) is 0 Å². The molecule has 0 aliphatic carbocycles. The summed E-state index contributed by atoms with van der Waals surface area (Å²) in [5.74, 6) is -0.263. The number of carbonyl (C=O) groups is 2. The Bertz CT molecular complexity index is 626. The van der Waals surface area contributed by atoms with Crippen LogP contribution in [0.2, 0.25) is 0 Å². The summed E-state index contributed by atoms with van der Waals surface area (Å²) in [7, 11) is 1.61. The second-order valence-corrected chi connectivity index (χ2v) is 7.11. The van der Waals surface area contributed by atoms with E-state index in [2.05, 4.69) is 0 Å². The van der Waals surface area contributed by atoms with E-state index >= 15 is 0 Å². The van der Waals surface area contributed by atoms with Crippen LogP contribution in [-0.2, 0) is 16.1 Å². The molecule has 0 aromatic heterocycles. The molecule has 0 radical (unpaired) electrons. The number of nitrogens with zero attached hydrogens (tertiary/aromatic N) is 2. The van der Waals surface area contributed by atoms with E-state index in [0.717, 1.165) is 11.3 Å². The molecule has 1 heterocycles. The van der Waals surface area contributed by atoms with Crippen LogP contribution in [0.15, 0.2) is 24.3 Å². The topological polar surface area (TPSA) is 79.3 Å². The molecule has 0 spiro atoms. The zero-order valence-electron chi connectivity index (χ0n) is 15.2. The van der Waals surface area contributed by atoms with Crippen molar-refractivity contribution in [3.63, 3.8) is 0 Å². The predicted molar refractivity (Wildman–Crippen MR) is 92.6 cm³/mol. The number of carbonyl (C=O) groups excluding carboxylic acids is 1. The first-order valence-electron chi connectivity index (χ1n) is 8.27. The molecule has 1 aromatic carbocycles. The van der Waals surface area contributed by atoms with Crippen molar-refractivity contribution in [2.24, 2.45) is 0 Å². The Kier molecular flexibility index (Phi) is 5.89. The molecule has 0 saturated carbocycles. The van der Waals surface area contributed by atoms with Crippen molar-refractivity contribution in [3.8, 4) is 5.75 Å². The Morgan fingerprint density at radius 3 is 2.60 bits per heavy atom. The molecular formula is C18H26N2O5. The van der Waals surface area contributed by atoms with Gasteiger partial charge in [-0.3, -0.25) is 9.80 Å². The third-order valence-electron chi connectivity index (χ3n) is 3.92. The maximum absolute atomic E-state index is 12.3. The number of rotatable bonds is 4. The first-order valence-corrected chi connectivity index (χ1v) is 8.27. The Labute approximate surface area is 148 Å². The summed E-state index contributed by atoms with van der Waals surface area (Å²) in [6.07, 6.45) is -0.582. The van der Waals surface area contributed by atoms with Crippen molar-refractivity contribution in [3.05, 3.63) is 29.8 Å². The summed E-state index contributed by atoms with van der Waals surface area (Å²) >= 11 is 0. The number of carboxylic acid groups (broad SMARTS) is 1. The van der Waals surface area contributed by atoms with Crippen LogP contribution in [0.4, 0.5) is 4.79 Å². The van der Waals surface area contributed by atoms with Crippen molar-refractivity contribution in [1.82, 2.24) is 9.80 Å². The van der Waals surface area contributed by atoms with Gasteiger partial charge in [-0.1, -0.05) is 12.1 Å². The molecule has 7 nitrogen and oxygen atoms in total. The molecule has 0 bridgehead atoms. The van der Waals surface area contributed by atoms with Crippen LogP contribution in [0.5, 0.6) is 5.75 Å². The van der Waals surface area contributed by atoms with Crippen LogP contribution >= 0.6 is 0 Å². The van der Waals surface area contributed by atoms with Crippen molar-refractivity contribution in [2.45, 2.75) is 39.0 Å². The lowest BCUT2D eigenvalue weighted by molar-refractivity contribution is -0.145. The lowest BCUT2D eigenvalue weighted by Gasteiger charge is -2.39. The third-order valence-corrected chi connectivity index (χ3v) is 3.92. The largest absolute Gasteiger partial charge is 0.497 e. The zero-order chi connectivity index (χ0) is 18.6. The number of carboxylic acids is 1. The van der Waals surface area contributed by atoms with Gasteiger partial charge in [0.1, 0.15) is 17.4 Å². The number of benzene rings is 1. The fourth-order valence-corrected chi connectivity index (χ4v) is 2.76. The first-order chi connectivity index (χ1) is 11.7. The second kappa shape index (κ2) is 7.74. The SMILES string of the molecule is COc1cccc(CN2CCN(C(=O)OC(C)(C)C)[C@@H](C(=O)O)C2)c1. The van der Waals surface area contributed by atoms with Crippen LogP contribution in [0.1, 0.15) is 26.3 Å². The van der Waals surface area contributed by atoms with E-state index in [0.29, 0.717) is 19.6 Å². The minimum absolute atomic E-state index is 0.256.